The molecule has 0 bridgehead atoms. The van der Waals surface area contributed by atoms with Crippen molar-refractivity contribution < 1.29 is 18.9 Å². The molecule has 0 saturated carbocycles. The summed E-state index contributed by atoms with van der Waals surface area (Å²) in [5.74, 6) is 0.602. The summed E-state index contributed by atoms with van der Waals surface area (Å²) >= 11 is 6.01. The molecule has 0 aliphatic heterocycles. The molecule has 0 atom stereocenters. The summed E-state index contributed by atoms with van der Waals surface area (Å²) in [7, 11) is 0. The fourth-order valence-corrected chi connectivity index (χ4v) is 2.34. The van der Waals surface area contributed by atoms with Gasteiger partial charge in [-0.1, -0.05) is 23.7 Å². The van der Waals surface area contributed by atoms with Gasteiger partial charge in [0.1, 0.15) is 18.1 Å². The summed E-state index contributed by atoms with van der Waals surface area (Å²) in [6, 6.07) is 15.7. The van der Waals surface area contributed by atoms with Crippen molar-refractivity contribution in [3.63, 3.8) is 0 Å². The molecule has 8 heteroatoms. The molecule has 0 unspecified atom stereocenters. The number of hydrogen-bond donors (Lipinski definition) is 1. The Morgan fingerprint density at radius 1 is 1.12 bits per heavy atom. The van der Waals surface area contributed by atoms with Gasteiger partial charge >= 0.3 is 0 Å². The first-order valence-electron chi connectivity index (χ1n) is 7.55. The van der Waals surface area contributed by atoms with Crippen LogP contribution < -0.4 is 10.1 Å². The molecule has 1 aromatic heterocycles. The Kier molecular flexibility index (Phi) is 5.19. The lowest BCUT2D eigenvalue weighted by molar-refractivity contribution is -0.384. The van der Waals surface area contributed by atoms with Crippen LogP contribution in [0.1, 0.15) is 16.3 Å². The van der Waals surface area contributed by atoms with Crippen LogP contribution in [-0.4, -0.2) is 10.8 Å². The third-order valence-corrected chi connectivity index (χ3v) is 3.74. The molecule has 1 N–H and O–H groups in total. The topological polar surface area (TPSA) is 94.6 Å². The zero-order valence-electron chi connectivity index (χ0n) is 13.3. The van der Waals surface area contributed by atoms with Gasteiger partial charge in [0.05, 0.1) is 9.95 Å². The van der Waals surface area contributed by atoms with Crippen LogP contribution >= 0.6 is 11.6 Å². The minimum absolute atomic E-state index is 0.0556. The minimum Gasteiger partial charge on any atom is -0.484 e. The molecular formula is C18H13ClN2O5. The molecule has 0 aliphatic carbocycles. The molecular weight excluding hydrogens is 360 g/mol. The zero-order chi connectivity index (χ0) is 18.5. The van der Waals surface area contributed by atoms with Crippen LogP contribution in [0.3, 0.4) is 0 Å². The van der Waals surface area contributed by atoms with Gasteiger partial charge in [-0.05, 0) is 36.4 Å². The smallest absolute Gasteiger partial charge is 0.291 e. The highest BCUT2D eigenvalue weighted by Gasteiger charge is 2.13. The molecule has 0 radical (unpaired) electrons. The number of carbonyl (C=O) groups is 1. The van der Waals surface area contributed by atoms with Crippen LogP contribution in [0.4, 0.5) is 11.4 Å². The van der Waals surface area contributed by atoms with Gasteiger partial charge in [-0.3, -0.25) is 14.9 Å². The summed E-state index contributed by atoms with van der Waals surface area (Å²) in [5, 5.41) is 13.7. The molecule has 2 aromatic carbocycles. The maximum Gasteiger partial charge on any atom is 0.291 e. The number of nitrogens with zero attached hydrogens (tertiary/aromatic N) is 1. The van der Waals surface area contributed by atoms with Crippen LogP contribution in [0.25, 0.3) is 0 Å². The van der Waals surface area contributed by atoms with Crippen LogP contribution in [0.15, 0.2) is 65.1 Å². The standard InChI is InChI=1S/C18H13ClN2O5/c19-15-3-1-2-4-16(15)25-11-14-9-10-17(26-14)18(22)20-12-5-7-13(8-6-12)21(23)24/h1-10H,11H2,(H,20,22). The van der Waals surface area contributed by atoms with E-state index in [1.807, 2.05) is 0 Å². The highest BCUT2D eigenvalue weighted by Crippen LogP contribution is 2.24. The molecule has 0 saturated heterocycles. The lowest BCUT2D eigenvalue weighted by atomic mass is 10.3. The number of halogens is 1. The Labute approximate surface area is 153 Å². The highest BCUT2D eigenvalue weighted by atomic mass is 35.5. The number of benzene rings is 2. The molecule has 0 fully saturated rings. The number of rotatable bonds is 6. The second kappa shape index (κ2) is 7.71. The second-order valence-electron chi connectivity index (χ2n) is 5.24. The fraction of sp³-hybridized carbons (Fsp3) is 0.0556. The fourth-order valence-electron chi connectivity index (χ4n) is 2.15. The first-order chi connectivity index (χ1) is 12.5. The molecule has 7 nitrogen and oxygen atoms in total. The van der Waals surface area contributed by atoms with Crippen molar-refractivity contribution in [2.75, 3.05) is 5.32 Å². The normalized spacial score (nSPS) is 10.3. The van der Waals surface area contributed by atoms with Gasteiger partial charge in [-0.25, -0.2) is 0 Å². The highest BCUT2D eigenvalue weighted by molar-refractivity contribution is 6.32. The number of ether oxygens (including phenoxy) is 1. The van der Waals surface area contributed by atoms with E-state index in [1.165, 1.54) is 30.3 Å². The number of nitrogens with one attached hydrogen (secondary N) is 1. The number of non-ortho nitro benzene ring substituents is 1. The number of nitro benzene ring substituents is 1. The number of anilines is 1. The van der Waals surface area contributed by atoms with E-state index in [-0.39, 0.29) is 18.1 Å². The van der Waals surface area contributed by atoms with E-state index < -0.39 is 10.8 Å². The van der Waals surface area contributed by atoms with Crippen molar-refractivity contribution in [2.45, 2.75) is 6.61 Å². The summed E-state index contributed by atoms with van der Waals surface area (Å²) in [6.45, 7) is 0.120. The molecule has 0 aliphatic rings. The van der Waals surface area contributed by atoms with E-state index in [0.29, 0.717) is 22.2 Å². The summed E-state index contributed by atoms with van der Waals surface area (Å²) < 4.78 is 11.0. The Bertz CT molecular complexity index is 937. The number of para-hydroxylation sites is 1. The molecule has 3 aromatic rings. The molecule has 132 valence electrons. The third kappa shape index (κ3) is 4.20. The SMILES string of the molecule is O=C(Nc1ccc([N+](=O)[O-])cc1)c1ccc(COc2ccccc2Cl)o1. The van der Waals surface area contributed by atoms with Gasteiger partial charge in [0.2, 0.25) is 0 Å². The van der Waals surface area contributed by atoms with Crippen LogP contribution in [0, 0.1) is 10.1 Å². The van der Waals surface area contributed by atoms with Gasteiger partial charge in [0.15, 0.2) is 5.76 Å². The summed E-state index contributed by atoms with van der Waals surface area (Å²) in [4.78, 5) is 22.3. The van der Waals surface area contributed by atoms with E-state index in [1.54, 1.807) is 30.3 Å². The first kappa shape index (κ1) is 17.5. The number of carbonyl (C=O) groups excluding carboxylic acids is 1. The average Bonchev–Trinajstić information content (AvgIpc) is 3.11. The lowest BCUT2D eigenvalue weighted by Crippen LogP contribution is -2.10. The maximum absolute atomic E-state index is 12.2. The van der Waals surface area contributed by atoms with Gasteiger partial charge < -0.3 is 14.5 Å². The second-order valence-corrected chi connectivity index (χ2v) is 5.65. The average molecular weight is 373 g/mol. The van der Waals surface area contributed by atoms with Gasteiger partial charge in [-0.2, -0.15) is 0 Å². The number of amides is 1. The van der Waals surface area contributed by atoms with Crippen molar-refractivity contribution in [1.29, 1.82) is 0 Å². The molecule has 3 rings (SSSR count). The van der Waals surface area contributed by atoms with E-state index in [4.69, 9.17) is 20.8 Å². The van der Waals surface area contributed by atoms with Gasteiger partial charge in [-0.15, -0.1) is 0 Å². The van der Waals surface area contributed by atoms with Crippen LogP contribution in [0.5, 0.6) is 5.75 Å². The van der Waals surface area contributed by atoms with Crippen molar-refractivity contribution in [1.82, 2.24) is 0 Å². The van der Waals surface area contributed by atoms with E-state index in [2.05, 4.69) is 5.32 Å². The predicted octanol–water partition coefficient (Wildman–Crippen LogP) is 4.67. The molecule has 1 amide bonds. The van der Waals surface area contributed by atoms with Crippen LogP contribution in [-0.2, 0) is 6.61 Å². The number of furan rings is 1. The summed E-state index contributed by atoms with van der Waals surface area (Å²) in [6.07, 6.45) is 0. The maximum atomic E-state index is 12.2. The molecule has 0 spiro atoms. The Hall–Kier alpha value is -3.32. The zero-order valence-corrected chi connectivity index (χ0v) is 14.1. The molecule has 1 heterocycles. The quantitative estimate of drug-likeness (QED) is 0.501. The first-order valence-corrected chi connectivity index (χ1v) is 7.92. The van der Waals surface area contributed by atoms with Gasteiger partial charge in [0.25, 0.3) is 11.6 Å². The molecule has 26 heavy (non-hydrogen) atoms. The third-order valence-electron chi connectivity index (χ3n) is 3.43. The Morgan fingerprint density at radius 2 is 1.85 bits per heavy atom. The largest absolute Gasteiger partial charge is 0.484 e. The van der Waals surface area contributed by atoms with Crippen molar-refractivity contribution in [2.24, 2.45) is 0 Å². The number of nitro groups is 1. The summed E-state index contributed by atoms with van der Waals surface area (Å²) in [5.41, 5.74) is 0.367. The van der Waals surface area contributed by atoms with Crippen LogP contribution in [0.2, 0.25) is 5.02 Å². The van der Waals surface area contributed by atoms with E-state index >= 15 is 0 Å². The predicted molar refractivity (Wildman–Crippen MR) is 95.5 cm³/mol. The van der Waals surface area contributed by atoms with Crippen molar-refractivity contribution in [3.05, 3.63) is 87.3 Å². The van der Waals surface area contributed by atoms with Gasteiger partial charge in [0, 0.05) is 17.8 Å². The van der Waals surface area contributed by atoms with E-state index in [9.17, 15) is 14.9 Å². The van der Waals surface area contributed by atoms with Crippen molar-refractivity contribution >= 4 is 28.9 Å². The lowest BCUT2D eigenvalue weighted by Gasteiger charge is -2.05. The minimum atomic E-state index is -0.511. The Morgan fingerprint density at radius 3 is 2.54 bits per heavy atom. The van der Waals surface area contributed by atoms with E-state index in [0.717, 1.165) is 0 Å². The number of hydrogen-bond acceptors (Lipinski definition) is 5. The Balaban J connectivity index is 1.60. The monoisotopic (exact) mass is 372 g/mol. The van der Waals surface area contributed by atoms with Crippen molar-refractivity contribution in [3.8, 4) is 5.75 Å².